The van der Waals surface area contributed by atoms with E-state index in [-0.39, 0.29) is 5.91 Å². The smallest absolute Gasteiger partial charge is 0.272 e. The maximum Gasteiger partial charge on any atom is 0.272 e. The first-order valence-corrected chi connectivity index (χ1v) is 10.2. The molecule has 142 valence electrons. The van der Waals surface area contributed by atoms with Gasteiger partial charge in [-0.25, -0.2) is 0 Å². The molecule has 4 rings (SSSR count). The second-order valence-corrected chi connectivity index (χ2v) is 7.75. The van der Waals surface area contributed by atoms with Gasteiger partial charge in [-0.2, -0.15) is 0 Å². The van der Waals surface area contributed by atoms with Crippen molar-refractivity contribution < 1.29 is 9.53 Å². The monoisotopic (exact) mass is 410 g/mol. The van der Waals surface area contributed by atoms with Crippen molar-refractivity contribution in [2.75, 3.05) is 12.4 Å². The summed E-state index contributed by atoms with van der Waals surface area (Å²) in [5.41, 5.74) is 3.60. The van der Waals surface area contributed by atoms with Crippen LogP contribution >= 0.6 is 22.9 Å². The third-order valence-electron chi connectivity index (χ3n) is 4.63. The van der Waals surface area contributed by atoms with Gasteiger partial charge in [-0.1, -0.05) is 41.9 Å². The largest absolute Gasteiger partial charge is 0.495 e. The van der Waals surface area contributed by atoms with Crippen molar-refractivity contribution >= 4 is 44.7 Å². The zero-order valence-electron chi connectivity index (χ0n) is 15.3. The van der Waals surface area contributed by atoms with E-state index in [0.29, 0.717) is 22.2 Å². The van der Waals surface area contributed by atoms with Gasteiger partial charge in [0.25, 0.3) is 5.91 Å². The molecule has 0 aliphatic carbocycles. The number of carbonyl (C=O) groups is 1. The number of hydrogen-bond donors (Lipinski definition) is 1. The molecule has 2 aromatic carbocycles. The highest BCUT2D eigenvalue weighted by Gasteiger charge is 2.17. The minimum absolute atomic E-state index is 0.155. The van der Waals surface area contributed by atoms with Crippen LogP contribution in [0.5, 0.6) is 5.75 Å². The summed E-state index contributed by atoms with van der Waals surface area (Å²) in [6.45, 7) is 0.733. The zero-order valence-corrected chi connectivity index (χ0v) is 16.9. The molecule has 1 N–H and O–H groups in total. The molecule has 4 nitrogen and oxygen atoms in total. The Labute approximate surface area is 172 Å². The van der Waals surface area contributed by atoms with Crippen LogP contribution in [0.4, 0.5) is 5.69 Å². The predicted octanol–water partition coefficient (Wildman–Crippen LogP) is 5.86. The summed E-state index contributed by atoms with van der Waals surface area (Å²) in [6, 6.07) is 19.5. The van der Waals surface area contributed by atoms with Gasteiger partial charge in [0, 0.05) is 12.2 Å². The number of amides is 1. The quantitative estimate of drug-likeness (QED) is 0.432. The Bertz CT molecular complexity index is 1120. The molecule has 2 heterocycles. The van der Waals surface area contributed by atoms with Gasteiger partial charge in [-0.15, -0.1) is 11.3 Å². The van der Waals surface area contributed by atoms with Gasteiger partial charge in [0.05, 0.1) is 22.3 Å². The first kappa shape index (κ1) is 18.6. The van der Waals surface area contributed by atoms with E-state index in [4.69, 9.17) is 16.3 Å². The Morgan fingerprint density at radius 1 is 1.14 bits per heavy atom. The average Bonchev–Trinajstić information content (AvgIpc) is 3.29. The molecule has 28 heavy (non-hydrogen) atoms. The highest BCUT2D eigenvalue weighted by Crippen LogP contribution is 2.29. The fraction of sp³-hybridized carbons (Fsp3) is 0.136. The van der Waals surface area contributed by atoms with Crippen molar-refractivity contribution in [1.29, 1.82) is 0 Å². The molecule has 0 radical (unpaired) electrons. The number of ether oxygens (including phenoxy) is 1. The summed E-state index contributed by atoms with van der Waals surface area (Å²) in [6.07, 6.45) is 0.856. The number of hydrogen-bond acceptors (Lipinski definition) is 3. The van der Waals surface area contributed by atoms with Gasteiger partial charge >= 0.3 is 0 Å². The summed E-state index contributed by atoms with van der Waals surface area (Å²) < 4.78 is 8.35. The lowest BCUT2D eigenvalue weighted by Crippen LogP contribution is -2.17. The van der Waals surface area contributed by atoms with E-state index in [1.807, 2.05) is 24.3 Å². The maximum absolute atomic E-state index is 13.0. The van der Waals surface area contributed by atoms with Crippen LogP contribution in [-0.2, 0) is 13.0 Å². The number of fused-ring (bicyclic) bond motifs is 1. The molecule has 0 saturated carbocycles. The second-order valence-electron chi connectivity index (χ2n) is 6.39. The van der Waals surface area contributed by atoms with Gasteiger partial charge in [-0.3, -0.25) is 4.79 Å². The highest BCUT2D eigenvalue weighted by molar-refractivity contribution is 7.17. The van der Waals surface area contributed by atoms with Crippen molar-refractivity contribution in [2.45, 2.75) is 13.0 Å². The van der Waals surface area contributed by atoms with Gasteiger partial charge in [0.15, 0.2) is 0 Å². The van der Waals surface area contributed by atoms with Crippen LogP contribution in [-0.4, -0.2) is 17.6 Å². The molecule has 0 unspecified atom stereocenters. The molecule has 0 spiro atoms. The van der Waals surface area contributed by atoms with Crippen LogP contribution < -0.4 is 10.1 Å². The molecule has 0 aliphatic rings. The Morgan fingerprint density at radius 3 is 2.71 bits per heavy atom. The van der Waals surface area contributed by atoms with Gasteiger partial charge in [-0.05, 0) is 47.7 Å². The Balaban J connectivity index is 1.59. The Kier molecular flexibility index (Phi) is 5.37. The SMILES string of the molecule is COc1ccc(NC(=O)c2cc3sccc3n2CCc2ccccc2)cc1Cl. The first-order valence-electron chi connectivity index (χ1n) is 8.91. The third kappa shape index (κ3) is 3.77. The number of thiophene rings is 1. The van der Waals surface area contributed by atoms with E-state index in [1.54, 1.807) is 36.6 Å². The Morgan fingerprint density at radius 2 is 1.96 bits per heavy atom. The maximum atomic E-state index is 13.0. The number of halogens is 1. The van der Waals surface area contributed by atoms with Crippen molar-refractivity contribution in [1.82, 2.24) is 4.57 Å². The van der Waals surface area contributed by atoms with Gasteiger partial charge in [0.2, 0.25) is 0 Å². The number of rotatable bonds is 6. The predicted molar refractivity (Wildman–Crippen MR) is 116 cm³/mol. The number of nitrogens with one attached hydrogen (secondary N) is 1. The van der Waals surface area contributed by atoms with E-state index < -0.39 is 0 Å². The van der Waals surface area contributed by atoms with Crippen molar-refractivity contribution in [3.63, 3.8) is 0 Å². The van der Waals surface area contributed by atoms with Gasteiger partial charge < -0.3 is 14.6 Å². The summed E-state index contributed by atoms with van der Waals surface area (Å²) in [5.74, 6) is 0.420. The highest BCUT2D eigenvalue weighted by atomic mass is 35.5. The number of carbonyl (C=O) groups excluding carboxylic acids is 1. The van der Waals surface area contributed by atoms with E-state index >= 15 is 0 Å². The van der Waals surface area contributed by atoms with Crippen LogP contribution in [0.15, 0.2) is 66.0 Å². The fourth-order valence-corrected chi connectivity index (χ4v) is 4.31. The van der Waals surface area contributed by atoms with E-state index in [9.17, 15) is 4.79 Å². The van der Waals surface area contributed by atoms with Crippen molar-refractivity contribution in [3.05, 3.63) is 82.3 Å². The molecular formula is C22H19ClN2O2S. The fourth-order valence-electron chi connectivity index (χ4n) is 3.23. The number of aromatic nitrogens is 1. The van der Waals surface area contributed by atoms with Crippen LogP contribution in [0.1, 0.15) is 16.1 Å². The number of benzene rings is 2. The summed E-state index contributed by atoms with van der Waals surface area (Å²) in [5, 5.41) is 5.45. The molecule has 2 aromatic heterocycles. The normalized spacial score (nSPS) is 10.9. The van der Waals surface area contributed by atoms with E-state index in [1.165, 1.54) is 5.56 Å². The number of nitrogens with zero attached hydrogens (tertiary/aromatic N) is 1. The minimum atomic E-state index is -0.155. The number of aryl methyl sites for hydroxylation is 2. The topological polar surface area (TPSA) is 43.3 Å². The summed E-state index contributed by atoms with van der Waals surface area (Å²) >= 11 is 7.81. The number of anilines is 1. The number of methoxy groups -OCH3 is 1. The third-order valence-corrected chi connectivity index (χ3v) is 5.78. The lowest BCUT2D eigenvalue weighted by Gasteiger charge is -2.12. The van der Waals surface area contributed by atoms with Crippen molar-refractivity contribution in [3.8, 4) is 5.75 Å². The minimum Gasteiger partial charge on any atom is -0.495 e. The molecule has 4 aromatic rings. The summed E-state index contributed by atoms with van der Waals surface area (Å²) in [4.78, 5) is 13.0. The van der Waals surface area contributed by atoms with Gasteiger partial charge in [0.1, 0.15) is 11.4 Å². The van der Waals surface area contributed by atoms with Crippen LogP contribution in [0.2, 0.25) is 5.02 Å². The summed E-state index contributed by atoms with van der Waals surface area (Å²) in [7, 11) is 1.56. The zero-order chi connectivity index (χ0) is 19.5. The first-order chi connectivity index (χ1) is 13.7. The molecule has 0 atom stereocenters. The molecular weight excluding hydrogens is 392 g/mol. The van der Waals surface area contributed by atoms with E-state index in [2.05, 4.69) is 33.5 Å². The molecule has 1 amide bonds. The molecule has 0 bridgehead atoms. The lowest BCUT2D eigenvalue weighted by atomic mass is 10.1. The molecule has 0 fully saturated rings. The van der Waals surface area contributed by atoms with Crippen LogP contribution in [0.25, 0.3) is 10.2 Å². The standard InChI is InChI=1S/C22H19ClN2O2S/c1-27-20-8-7-16(13-17(20)23)24-22(26)19-14-21-18(10-12-28-21)25(19)11-9-15-5-3-2-4-6-15/h2-8,10,12-14H,9,11H2,1H3,(H,24,26). The Hall–Kier alpha value is -2.76. The van der Waals surface area contributed by atoms with E-state index in [0.717, 1.165) is 23.2 Å². The second kappa shape index (κ2) is 8.09. The average molecular weight is 411 g/mol. The van der Waals surface area contributed by atoms with Crippen molar-refractivity contribution in [2.24, 2.45) is 0 Å². The van der Waals surface area contributed by atoms with Crippen LogP contribution in [0, 0.1) is 0 Å². The molecule has 6 heteroatoms. The van der Waals surface area contributed by atoms with Crippen LogP contribution in [0.3, 0.4) is 0 Å². The molecule has 0 saturated heterocycles. The lowest BCUT2D eigenvalue weighted by molar-refractivity contribution is 0.101. The molecule has 0 aliphatic heterocycles.